The fraction of sp³-hybridized carbons (Fsp3) is 0.500. The van der Waals surface area contributed by atoms with Crippen LogP contribution in [0.25, 0.3) is 0 Å². The normalized spacial score (nSPS) is 15.7. The Bertz CT molecular complexity index is 867. The first kappa shape index (κ1) is 20.4. The van der Waals surface area contributed by atoms with Crippen LogP contribution >= 0.6 is 11.3 Å². The molecule has 3 heterocycles. The molecule has 2 aromatic rings. The van der Waals surface area contributed by atoms with Gasteiger partial charge in [0.1, 0.15) is 10.6 Å². The van der Waals surface area contributed by atoms with Crippen molar-refractivity contribution in [2.24, 2.45) is 5.92 Å². The minimum Gasteiger partial charge on any atom is -0.443 e. The van der Waals surface area contributed by atoms with Gasteiger partial charge in [0.2, 0.25) is 5.89 Å². The number of halogens is 3. The summed E-state index contributed by atoms with van der Waals surface area (Å²) in [5.41, 5.74) is 0.203. The fourth-order valence-electron chi connectivity index (χ4n) is 2.94. The van der Waals surface area contributed by atoms with Gasteiger partial charge in [-0.3, -0.25) is 9.59 Å². The number of likely N-dealkylation sites (tertiary alicyclic amines) is 1. The van der Waals surface area contributed by atoms with Crippen LogP contribution in [0.1, 0.15) is 56.5 Å². The molecule has 0 spiro atoms. The molecule has 28 heavy (non-hydrogen) atoms. The number of oxazole rings is 1. The lowest BCUT2D eigenvalue weighted by atomic mass is 9.99. The molecule has 3 rings (SSSR count). The Morgan fingerprint density at radius 1 is 1.32 bits per heavy atom. The molecule has 1 fully saturated rings. The number of alkyl halides is 3. The van der Waals surface area contributed by atoms with Crippen LogP contribution < -0.4 is 5.32 Å². The van der Waals surface area contributed by atoms with Crippen molar-refractivity contribution < 1.29 is 27.2 Å². The second-order valence-electron chi connectivity index (χ2n) is 6.83. The number of thiophene rings is 1. The molecule has 1 N–H and O–H groups in total. The van der Waals surface area contributed by atoms with Gasteiger partial charge in [-0.25, -0.2) is 4.98 Å². The number of aryl methyl sites for hydroxylation is 1. The number of aromatic nitrogens is 1. The second kappa shape index (κ2) is 7.94. The standard InChI is InChI=1S/C18H20F3N3O3S/c1-10-5-7-24(8-6-10)17(26)15-11(2)27-14(23-15)9-22-16(25)12-3-4-13(28-12)18(19,20)21/h3-4,10H,5-9H2,1-2H3,(H,22,25). The largest absolute Gasteiger partial charge is 0.443 e. The summed E-state index contributed by atoms with van der Waals surface area (Å²) in [6.45, 7) is 4.97. The van der Waals surface area contributed by atoms with Gasteiger partial charge >= 0.3 is 6.18 Å². The second-order valence-corrected chi connectivity index (χ2v) is 7.92. The fourth-order valence-corrected chi connectivity index (χ4v) is 3.73. The lowest BCUT2D eigenvalue weighted by molar-refractivity contribution is -0.134. The van der Waals surface area contributed by atoms with E-state index in [1.54, 1.807) is 11.8 Å². The number of carbonyl (C=O) groups is 2. The summed E-state index contributed by atoms with van der Waals surface area (Å²) in [5, 5.41) is 2.47. The van der Waals surface area contributed by atoms with Crippen molar-refractivity contribution in [2.45, 2.75) is 39.4 Å². The number of carbonyl (C=O) groups excluding carboxylic acids is 2. The summed E-state index contributed by atoms with van der Waals surface area (Å²) >= 11 is 0.366. The van der Waals surface area contributed by atoms with Gasteiger partial charge in [0.05, 0.1) is 11.4 Å². The first-order valence-electron chi connectivity index (χ1n) is 8.86. The Morgan fingerprint density at radius 3 is 2.61 bits per heavy atom. The zero-order valence-electron chi connectivity index (χ0n) is 15.4. The molecule has 1 saturated heterocycles. The van der Waals surface area contributed by atoms with E-state index in [0.717, 1.165) is 25.0 Å². The molecule has 2 amide bonds. The van der Waals surface area contributed by atoms with Gasteiger partial charge < -0.3 is 14.6 Å². The molecule has 152 valence electrons. The maximum Gasteiger partial charge on any atom is 0.425 e. The van der Waals surface area contributed by atoms with Crippen molar-refractivity contribution in [2.75, 3.05) is 13.1 Å². The molecule has 0 unspecified atom stereocenters. The third kappa shape index (κ3) is 4.54. The highest BCUT2D eigenvalue weighted by atomic mass is 32.1. The van der Waals surface area contributed by atoms with Crippen molar-refractivity contribution in [3.05, 3.63) is 39.2 Å². The van der Waals surface area contributed by atoms with Crippen LogP contribution in [0.4, 0.5) is 13.2 Å². The van der Waals surface area contributed by atoms with Gasteiger partial charge in [0, 0.05) is 13.1 Å². The third-order valence-corrected chi connectivity index (χ3v) is 5.75. The summed E-state index contributed by atoms with van der Waals surface area (Å²) in [6, 6.07) is 1.99. The van der Waals surface area contributed by atoms with E-state index < -0.39 is 17.0 Å². The molecule has 0 saturated carbocycles. The van der Waals surface area contributed by atoms with Gasteiger partial charge in [-0.1, -0.05) is 6.92 Å². The first-order chi connectivity index (χ1) is 13.1. The van der Waals surface area contributed by atoms with Crippen LogP contribution in [0.15, 0.2) is 16.5 Å². The van der Waals surface area contributed by atoms with Gasteiger partial charge in [-0.15, -0.1) is 11.3 Å². The molecule has 0 aliphatic carbocycles. The molecule has 2 aromatic heterocycles. The lowest BCUT2D eigenvalue weighted by Gasteiger charge is -2.29. The summed E-state index contributed by atoms with van der Waals surface area (Å²) in [7, 11) is 0. The van der Waals surface area contributed by atoms with Gasteiger partial charge in [-0.05, 0) is 37.8 Å². The maximum absolute atomic E-state index is 12.6. The Balaban J connectivity index is 1.61. The van der Waals surface area contributed by atoms with Gasteiger partial charge in [0.25, 0.3) is 11.8 Å². The Kier molecular flexibility index (Phi) is 5.78. The third-order valence-electron chi connectivity index (χ3n) is 4.62. The minimum atomic E-state index is -4.48. The molecule has 0 radical (unpaired) electrons. The average molecular weight is 415 g/mol. The predicted octanol–water partition coefficient (Wildman–Crippen LogP) is 3.87. The first-order valence-corrected chi connectivity index (χ1v) is 9.67. The van der Waals surface area contributed by atoms with E-state index in [1.165, 1.54) is 0 Å². The number of nitrogens with one attached hydrogen (secondary N) is 1. The number of hydrogen-bond acceptors (Lipinski definition) is 5. The Labute approximate surface area is 163 Å². The molecule has 10 heteroatoms. The molecule has 0 bridgehead atoms. The van der Waals surface area contributed by atoms with Crippen LogP contribution in [0, 0.1) is 12.8 Å². The zero-order valence-corrected chi connectivity index (χ0v) is 16.2. The SMILES string of the molecule is Cc1oc(CNC(=O)c2ccc(C(F)(F)F)s2)nc1C(=O)N1CCC(C)CC1. The van der Waals surface area contributed by atoms with Crippen molar-refractivity contribution in [3.8, 4) is 0 Å². The van der Waals surface area contributed by atoms with Crippen LogP contribution in [-0.2, 0) is 12.7 Å². The number of piperidine rings is 1. The van der Waals surface area contributed by atoms with E-state index in [4.69, 9.17) is 4.42 Å². The molecule has 6 nitrogen and oxygen atoms in total. The molecule has 1 aliphatic rings. The molecule has 0 aromatic carbocycles. The average Bonchev–Trinajstić information content (AvgIpc) is 3.26. The topological polar surface area (TPSA) is 75.4 Å². The monoisotopic (exact) mass is 415 g/mol. The summed E-state index contributed by atoms with van der Waals surface area (Å²) in [4.78, 5) is 29.7. The number of hydrogen-bond donors (Lipinski definition) is 1. The number of amides is 2. The van der Waals surface area contributed by atoms with Crippen molar-refractivity contribution in [1.29, 1.82) is 0 Å². The van der Waals surface area contributed by atoms with Crippen LogP contribution in [0.5, 0.6) is 0 Å². The van der Waals surface area contributed by atoms with Gasteiger partial charge in [0.15, 0.2) is 5.69 Å². The van der Waals surface area contributed by atoms with Crippen molar-refractivity contribution in [1.82, 2.24) is 15.2 Å². The van der Waals surface area contributed by atoms with Crippen molar-refractivity contribution in [3.63, 3.8) is 0 Å². The zero-order chi connectivity index (χ0) is 20.5. The van der Waals surface area contributed by atoms with E-state index >= 15 is 0 Å². The molecule has 1 aliphatic heterocycles. The van der Waals surface area contributed by atoms with Crippen LogP contribution in [0.3, 0.4) is 0 Å². The molecular weight excluding hydrogens is 395 g/mol. The van der Waals surface area contributed by atoms with Gasteiger partial charge in [-0.2, -0.15) is 13.2 Å². The Hall–Kier alpha value is -2.36. The van der Waals surface area contributed by atoms with E-state index in [9.17, 15) is 22.8 Å². The summed E-state index contributed by atoms with van der Waals surface area (Å²) < 4.78 is 43.3. The summed E-state index contributed by atoms with van der Waals surface area (Å²) in [6.07, 6.45) is -2.61. The number of rotatable bonds is 4. The maximum atomic E-state index is 12.6. The van der Waals surface area contributed by atoms with E-state index in [1.807, 2.05) is 0 Å². The smallest absolute Gasteiger partial charge is 0.425 e. The highest BCUT2D eigenvalue weighted by Gasteiger charge is 2.33. The van der Waals surface area contributed by atoms with Crippen molar-refractivity contribution >= 4 is 23.2 Å². The summed E-state index contributed by atoms with van der Waals surface area (Å²) in [5.74, 6) is 0.201. The van der Waals surface area contributed by atoms with Crippen LogP contribution in [-0.4, -0.2) is 34.8 Å². The van der Waals surface area contributed by atoms with E-state index in [-0.39, 0.29) is 28.9 Å². The quantitative estimate of drug-likeness (QED) is 0.823. The minimum absolute atomic E-state index is 0.0608. The lowest BCUT2D eigenvalue weighted by Crippen LogP contribution is -2.38. The molecular formula is C18H20F3N3O3S. The Morgan fingerprint density at radius 2 is 2.00 bits per heavy atom. The molecule has 0 atom stereocenters. The highest BCUT2D eigenvalue weighted by molar-refractivity contribution is 7.14. The van der Waals surface area contributed by atoms with E-state index in [2.05, 4.69) is 17.2 Å². The van der Waals surface area contributed by atoms with Crippen LogP contribution in [0.2, 0.25) is 0 Å². The van der Waals surface area contributed by atoms with E-state index in [0.29, 0.717) is 36.1 Å². The predicted molar refractivity (Wildman–Crippen MR) is 96.0 cm³/mol. The highest BCUT2D eigenvalue weighted by Crippen LogP contribution is 2.34. The number of nitrogens with zero attached hydrogens (tertiary/aromatic N) is 2.